The van der Waals surface area contributed by atoms with E-state index in [1.807, 2.05) is 11.8 Å². The van der Waals surface area contributed by atoms with Crippen LogP contribution >= 0.6 is 0 Å². The Morgan fingerprint density at radius 3 is 2.75 bits per heavy atom. The third-order valence-corrected chi connectivity index (χ3v) is 2.79. The molecule has 0 saturated carbocycles. The van der Waals surface area contributed by atoms with E-state index in [-0.39, 0.29) is 18.1 Å². The van der Waals surface area contributed by atoms with Gasteiger partial charge in [-0.15, -0.1) is 0 Å². The minimum absolute atomic E-state index is 0.0463. The van der Waals surface area contributed by atoms with Gasteiger partial charge in [0.15, 0.2) is 0 Å². The van der Waals surface area contributed by atoms with E-state index in [0.717, 1.165) is 13.0 Å². The van der Waals surface area contributed by atoms with Crippen LogP contribution in [-0.2, 0) is 9.53 Å². The van der Waals surface area contributed by atoms with Gasteiger partial charge < -0.3 is 9.64 Å². The average Bonchev–Trinajstić information content (AvgIpc) is 2.50. The van der Waals surface area contributed by atoms with E-state index < -0.39 is 0 Å². The number of ether oxygens (including phenoxy) is 1. The van der Waals surface area contributed by atoms with Gasteiger partial charge in [0.25, 0.3) is 0 Å². The van der Waals surface area contributed by atoms with Gasteiger partial charge in [0.1, 0.15) is 0 Å². The van der Waals surface area contributed by atoms with Crippen LogP contribution in [0.2, 0.25) is 0 Å². The number of hydrogen-bond acceptors (Lipinski definition) is 3. The molecule has 1 aliphatic rings. The van der Waals surface area contributed by atoms with Crippen LogP contribution in [0.1, 0.15) is 34.1 Å². The van der Waals surface area contributed by atoms with Crippen molar-refractivity contribution in [1.82, 2.24) is 10.2 Å². The molecular formula is C12H24N2O2. The summed E-state index contributed by atoms with van der Waals surface area (Å²) in [4.78, 5) is 13.7. The van der Waals surface area contributed by atoms with E-state index >= 15 is 0 Å². The highest BCUT2D eigenvalue weighted by Gasteiger charge is 2.34. The summed E-state index contributed by atoms with van der Waals surface area (Å²) in [5.74, 6) is 0.744. The van der Waals surface area contributed by atoms with E-state index in [4.69, 9.17) is 4.74 Å². The Hall–Kier alpha value is -0.610. The number of carbonyl (C=O) groups excluding carboxylic acids is 1. The van der Waals surface area contributed by atoms with Crippen LogP contribution in [0.25, 0.3) is 0 Å². The van der Waals surface area contributed by atoms with Crippen LogP contribution in [0.15, 0.2) is 0 Å². The van der Waals surface area contributed by atoms with Crippen molar-refractivity contribution in [3.05, 3.63) is 0 Å². The highest BCUT2D eigenvalue weighted by Crippen LogP contribution is 2.12. The predicted octanol–water partition coefficient (Wildman–Crippen LogP) is 1.22. The van der Waals surface area contributed by atoms with Crippen LogP contribution in [-0.4, -0.2) is 42.8 Å². The normalized spacial score (nSPS) is 25.8. The maximum atomic E-state index is 11.8. The lowest BCUT2D eigenvalue weighted by atomic mass is 10.2. The first-order valence-electron chi connectivity index (χ1n) is 6.20. The number of nitrogens with one attached hydrogen (secondary N) is 1. The Labute approximate surface area is 98.3 Å². The molecule has 1 N–H and O–H groups in total. The van der Waals surface area contributed by atoms with Crippen molar-refractivity contribution in [2.75, 3.05) is 19.8 Å². The summed E-state index contributed by atoms with van der Waals surface area (Å²) in [5.41, 5.74) is 0. The molecule has 0 aromatic carbocycles. The van der Waals surface area contributed by atoms with Gasteiger partial charge in [-0.2, -0.15) is 0 Å². The summed E-state index contributed by atoms with van der Waals surface area (Å²) < 4.78 is 5.51. The summed E-state index contributed by atoms with van der Waals surface area (Å²) in [6, 6.07) is -0.0463. The third-order valence-electron chi connectivity index (χ3n) is 2.79. The summed E-state index contributed by atoms with van der Waals surface area (Å²) in [6.45, 7) is 10.3. The molecule has 0 radical (unpaired) electrons. The third kappa shape index (κ3) is 3.46. The highest BCUT2D eigenvalue weighted by atomic mass is 16.5. The summed E-state index contributed by atoms with van der Waals surface area (Å²) in [7, 11) is 0. The van der Waals surface area contributed by atoms with E-state index in [1.54, 1.807) is 0 Å². The Kier molecular flexibility index (Phi) is 5.22. The summed E-state index contributed by atoms with van der Waals surface area (Å²) in [6.07, 6.45) is 1.13. The van der Waals surface area contributed by atoms with Gasteiger partial charge in [0.05, 0.1) is 18.8 Å². The van der Waals surface area contributed by atoms with E-state index in [0.29, 0.717) is 19.1 Å². The minimum atomic E-state index is -0.0463. The van der Waals surface area contributed by atoms with Crippen molar-refractivity contribution >= 4 is 5.91 Å². The molecule has 1 fully saturated rings. The second kappa shape index (κ2) is 6.21. The average molecular weight is 228 g/mol. The van der Waals surface area contributed by atoms with Crippen LogP contribution < -0.4 is 5.32 Å². The van der Waals surface area contributed by atoms with Gasteiger partial charge in [-0.3, -0.25) is 10.1 Å². The predicted molar refractivity (Wildman–Crippen MR) is 64.0 cm³/mol. The van der Waals surface area contributed by atoms with E-state index in [1.165, 1.54) is 0 Å². The molecule has 0 spiro atoms. The lowest BCUT2D eigenvalue weighted by Gasteiger charge is -2.23. The van der Waals surface area contributed by atoms with Gasteiger partial charge in [-0.1, -0.05) is 20.8 Å². The molecule has 0 aromatic heterocycles. The molecule has 16 heavy (non-hydrogen) atoms. The van der Waals surface area contributed by atoms with Crippen LogP contribution in [0.4, 0.5) is 0 Å². The number of amides is 1. The molecule has 4 heteroatoms. The zero-order chi connectivity index (χ0) is 12.1. The monoisotopic (exact) mass is 228 g/mol. The second-order valence-electron chi connectivity index (χ2n) is 4.81. The fourth-order valence-electron chi connectivity index (χ4n) is 1.94. The fraction of sp³-hybridized carbons (Fsp3) is 0.917. The number of rotatable bonds is 6. The Morgan fingerprint density at radius 1 is 1.50 bits per heavy atom. The highest BCUT2D eigenvalue weighted by molar-refractivity contribution is 5.83. The van der Waals surface area contributed by atoms with Gasteiger partial charge in [-0.25, -0.2) is 0 Å². The molecule has 0 aromatic rings. The molecule has 2 unspecified atom stereocenters. The van der Waals surface area contributed by atoms with Gasteiger partial charge in [-0.05, 0) is 19.3 Å². The largest absolute Gasteiger partial charge is 0.379 e. The summed E-state index contributed by atoms with van der Waals surface area (Å²) in [5, 5.41) is 3.27. The Morgan fingerprint density at radius 2 is 2.19 bits per heavy atom. The second-order valence-corrected chi connectivity index (χ2v) is 4.81. The van der Waals surface area contributed by atoms with Crippen molar-refractivity contribution in [3.63, 3.8) is 0 Å². The minimum Gasteiger partial charge on any atom is -0.379 e. The smallest absolute Gasteiger partial charge is 0.240 e. The van der Waals surface area contributed by atoms with E-state index in [2.05, 4.69) is 26.1 Å². The maximum Gasteiger partial charge on any atom is 0.240 e. The van der Waals surface area contributed by atoms with Crippen molar-refractivity contribution in [2.45, 2.75) is 46.3 Å². The Bertz CT molecular complexity index is 231. The molecule has 1 aliphatic heterocycles. The molecule has 1 saturated heterocycles. The van der Waals surface area contributed by atoms with Crippen molar-refractivity contribution in [1.29, 1.82) is 0 Å². The summed E-state index contributed by atoms with van der Waals surface area (Å²) >= 11 is 0. The van der Waals surface area contributed by atoms with E-state index in [9.17, 15) is 4.79 Å². The van der Waals surface area contributed by atoms with Gasteiger partial charge in [0.2, 0.25) is 5.91 Å². The van der Waals surface area contributed by atoms with Crippen molar-refractivity contribution in [2.24, 2.45) is 5.92 Å². The Balaban J connectivity index is 2.31. The number of hydrogen-bond donors (Lipinski definition) is 1. The molecule has 4 nitrogen and oxygen atoms in total. The van der Waals surface area contributed by atoms with Crippen molar-refractivity contribution in [3.8, 4) is 0 Å². The topological polar surface area (TPSA) is 41.6 Å². The first kappa shape index (κ1) is 13.5. The quantitative estimate of drug-likeness (QED) is 0.695. The zero-order valence-electron chi connectivity index (χ0n) is 10.8. The molecule has 0 aliphatic carbocycles. The van der Waals surface area contributed by atoms with Gasteiger partial charge >= 0.3 is 0 Å². The van der Waals surface area contributed by atoms with Crippen LogP contribution in [0, 0.1) is 5.92 Å². The molecule has 94 valence electrons. The molecule has 2 atom stereocenters. The van der Waals surface area contributed by atoms with Crippen LogP contribution in [0.3, 0.4) is 0 Å². The number of carbonyl (C=O) groups is 1. The first-order valence-corrected chi connectivity index (χ1v) is 6.20. The molecule has 1 heterocycles. The lowest BCUT2D eigenvalue weighted by Crippen LogP contribution is -2.39. The lowest BCUT2D eigenvalue weighted by molar-refractivity contribution is -0.130. The van der Waals surface area contributed by atoms with Crippen molar-refractivity contribution < 1.29 is 9.53 Å². The van der Waals surface area contributed by atoms with Gasteiger partial charge in [0, 0.05) is 13.2 Å². The fourth-order valence-corrected chi connectivity index (χ4v) is 1.94. The molecule has 0 bridgehead atoms. The number of nitrogens with zero attached hydrogens (tertiary/aromatic N) is 1. The molecule has 1 rings (SSSR count). The van der Waals surface area contributed by atoms with Crippen LogP contribution in [0.5, 0.6) is 0 Å². The molecule has 1 amide bonds. The SMILES string of the molecule is CCC1NC(C)C(=O)N1CCOCC(C)C. The first-order chi connectivity index (χ1) is 7.56. The maximum absolute atomic E-state index is 11.8. The zero-order valence-corrected chi connectivity index (χ0v) is 10.8. The molecular weight excluding hydrogens is 204 g/mol. The standard InChI is InChI=1S/C12H24N2O2/c1-5-11-13-10(4)12(15)14(11)6-7-16-8-9(2)3/h9-11,13H,5-8H2,1-4H3.